The highest BCUT2D eigenvalue weighted by molar-refractivity contribution is 7.00. The van der Waals surface area contributed by atoms with Gasteiger partial charge in [0, 0.05) is 34.1 Å². The lowest BCUT2D eigenvalue weighted by molar-refractivity contribution is 0.444. The van der Waals surface area contributed by atoms with Gasteiger partial charge >= 0.3 is 0 Å². The molecule has 4 aliphatic rings. The second-order valence-electron chi connectivity index (χ2n) is 22.5. The minimum atomic E-state index is 0.0101. The summed E-state index contributed by atoms with van der Waals surface area (Å²) in [5.41, 5.74) is 22.5. The molecule has 0 saturated heterocycles. The molecule has 2 nitrogen and oxygen atoms in total. The van der Waals surface area contributed by atoms with E-state index in [1.807, 2.05) is 0 Å². The minimum Gasteiger partial charge on any atom is -0.311 e. The van der Waals surface area contributed by atoms with Crippen LogP contribution < -0.4 is 26.2 Å². The maximum Gasteiger partial charge on any atom is 0.252 e. The van der Waals surface area contributed by atoms with Gasteiger partial charge in [-0.15, -0.1) is 0 Å². The van der Waals surface area contributed by atoms with Crippen molar-refractivity contribution in [3.8, 4) is 0 Å². The van der Waals surface area contributed by atoms with Crippen LogP contribution in [-0.2, 0) is 34.5 Å². The highest BCUT2D eigenvalue weighted by atomic mass is 15.2. The van der Waals surface area contributed by atoms with E-state index in [2.05, 4.69) is 178 Å². The van der Waals surface area contributed by atoms with E-state index >= 15 is 0 Å². The number of aryl methyl sites for hydroxylation is 2. The molecule has 0 radical (unpaired) electrons. The van der Waals surface area contributed by atoms with E-state index in [0.29, 0.717) is 5.92 Å². The van der Waals surface area contributed by atoms with Gasteiger partial charge in [0.2, 0.25) is 0 Å². The smallest absolute Gasteiger partial charge is 0.252 e. The molecule has 1 saturated carbocycles. The molecule has 300 valence electrons. The molecule has 2 heterocycles. The van der Waals surface area contributed by atoms with Crippen molar-refractivity contribution in [1.29, 1.82) is 0 Å². The van der Waals surface area contributed by atoms with Crippen LogP contribution in [-0.4, -0.2) is 6.71 Å². The van der Waals surface area contributed by atoms with E-state index in [1.165, 1.54) is 135 Å². The maximum atomic E-state index is 2.68. The van der Waals surface area contributed by atoms with Crippen molar-refractivity contribution < 1.29 is 0 Å². The molecule has 0 amide bonds. The number of hydrogen-bond acceptors (Lipinski definition) is 2. The van der Waals surface area contributed by atoms with Crippen LogP contribution in [0.15, 0.2) is 84.9 Å². The zero-order valence-corrected chi connectivity index (χ0v) is 37.8. The van der Waals surface area contributed by atoms with Gasteiger partial charge in [-0.05, 0) is 164 Å². The second-order valence-corrected chi connectivity index (χ2v) is 22.5. The first-order valence-electron chi connectivity index (χ1n) is 22.6. The Morgan fingerprint density at radius 3 is 1.40 bits per heavy atom. The van der Waals surface area contributed by atoms with Gasteiger partial charge < -0.3 is 9.80 Å². The highest BCUT2D eigenvalue weighted by Crippen LogP contribution is 2.48. The van der Waals surface area contributed by atoms with Crippen LogP contribution in [0.3, 0.4) is 0 Å². The fourth-order valence-electron chi connectivity index (χ4n) is 10.5. The van der Waals surface area contributed by atoms with Crippen LogP contribution in [0.2, 0.25) is 0 Å². The maximum absolute atomic E-state index is 2.68. The molecule has 5 aromatic rings. The van der Waals surface area contributed by atoms with E-state index in [1.54, 1.807) is 5.56 Å². The van der Waals surface area contributed by atoms with E-state index in [9.17, 15) is 0 Å². The van der Waals surface area contributed by atoms with Gasteiger partial charge in [-0.1, -0.05) is 139 Å². The molecule has 0 unspecified atom stereocenters. The Kier molecular flexibility index (Phi) is 9.24. The fourth-order valence-corrected chi connectivity index (χ4v) is 10.5. The van der Waals surface area contributed by atoms with Crippen molar-refractivity contribution in [2.45, 2.75) is 162 Å². The number of hydrogen-bond donors (Lipinski definition) is 0. The van der Waals surface area contributed by atoms with Gasteiger partial charge in [-0.2, -0.15) is 0 Å². The number of nitrogens with zero attached hydrogens (tertiary/aromatic N) is 2. The Balaban J connectivity index is 1.36. The fraction of sp³-hybridized carbons (Fsp3) is 0.455. The molecule has 58 heavy (non-hydrogen) atoms. The summed E-state index contributed by atoms with van der Waals surface area (Å²) in [6.07, 6.45) is 10.2. The van der Waals surface area contributed by atoms with Gasteiger partial charge in [0.1, 0.15) is 0 Å². The number of benzene rings is 5. The standard InChI is InChI=1S/C55H67BN2/c1-52(2,3)39-29-40(53(4,5)6)32-43(31-39)57-47-22-17-23-48-51(47)56(45-25-24-38(28-49(45)57)35-18-14-13-15-19-35)46-26-36-20-16-21-37(36)27-50(46)58(48)44-33-41(54(7,8)9)30-42(34-44)55(10,11)12/h17,22-35H,13-16,18-21H2,1-12H3. The SMILES string of the molecule is CC(C)(C)c1cc(N2c3cc(C4CCCCC4)ccc3B3c4cc5c(cc4N(c4cc(C(C)(C)C)cc(C(C)(C)C)c4)c4cccc2c43)CCC5)cc(C(C)(C)C)c1. The Morgan fingerprint density at radius 2 is 0.914 bits per heavy atom. The van der Waals surface area contributed by atoms with Crippen LogP contribution in [0.4, 0.5) is 34.1 Å². The zero-order chi connectivity index (χ0) is 41.1. The summed E-state index contributed by atoms with van der Waals surface area (Å²) in [5, 5.41) is 0. The van der Waals surface area contributed by atoms with E-state index in [-0.39, 0.29) is 28.4 Å². The van der Waals surface area contributed by atoms with Crippen LogP contribution in [0.25, 0.3) is 0 Å². The lowest BCUT2D eigenvalue weighted by Crippen LogP contribution is -2.61. The van der Waals surface area contributed by atoms with Crippen molar-refractivity contribution in [1.82, 2.24) is 0 Å². The molecule has 3 heteroatoms. The molecule has 0 aromatic heterocycles. The van der Waals surface area contributed by atoms with Crippen LogP contribution >= 0.6 is 0 Å². The number of anilines is 6. The lowest BCUT2D eigenvalue weighted by atomic mass is 9.33. The van der Waals surface area contributed by atoms with Crippen LogP contribution in [0, 0.1) is 0 Å². The van der Waals surface area contributed by atoms with Gasteiger partial charge in [0.25, 0.3) is 6.71 Å². The molecule has 9 rings (SSSR count). The van der Waals surface area contributed by atoms with Crippen molar-refractivity contribution in [2.75, 3.05) is 9.80 Å². The van der Waals surface area contributed by atoms with Crippen LogP contribution in [0.1, 0.15) is 166 Å². The van der Waals surface area contributed by atoms with Gasteiger partial charge in [0.05, 0.1) is 0 Å². The third-order valence-electron chi connectivity index (χ3n) is 14.1. The topological polar surface area (TPSA) is 6.48 Å². The highest BCUT2D eigenvalue weighted by Gasteiger charge is 2.44. The van der Waals surface area contributed by atoms with Gasteiger partial charge in [0.15, 0.2) is 0 Å². The van der Waals surface area contributed by atoms with Crippen molar-refractivity contribution in [3.05, 3.63) is 124 Å². The van der Waals surface area contributed by atoms with Crippen molar-refractivity contribution in [2.24, 2.45) is 0 Å². The molecular formula is C55H67BN2. The average molecular weight is 767 g/mol. The first-order valence-corrected chi connectivity index (χ1v) is 22.6. The van der Waals surface area contributed by atoms with E-state index in [4.69, 9.17) is 0 Å². The normalized spacial score (nSPS) is 16.9. The van der Waals surface area contributed by atoms with Gasteiger partial charge in [-0.25, -0.2) is 0 Å². The molecule has 0 bridgehead atoms. The minimum absolute atomic E-state index is 0.0101. The first kappa shape index (κ1) is 39.2. The molecule has 0 spiro atoms. The summed E-state index contributed by atoms with van der Waals surface area (Å²) in [6, 6.07) is 35.1. The lowest BCUT2D eigenvalue weighted by Gasteiger charge is -2.45. The molecule has 2 aliphatic carbocycles. The average Bonchev–Trinajstić information content (AvgIpc) is 3.63. The third-order valence-corrected chi connectivity index (χ3v) is 14.1. The Bertz CT molecular complexity index is 2350. The predicted molar refractivity (Wildman–Crippen MR) is 253 cm³/mol. The molecule has 0 atom stereocenters. The van der Waals surface area contributed by atoms with Gasteiger partial charge in [-0.3, -0.25) is 0 Å². The summed E-state index contributed by atoms with van der Waals surface area (Å²) < 4.78 is 0. The van der Waals surface area contributed by atoms with Crippen molar-refractivity contribution in [3.63, 3.8) is 0 Å². The quantitative estimate of drug-likeness (QED) is 0.165. The van der Waals surface area contributed by atoms with Crippen LogP contribution in [0.5, 0.6) is 0 Å². The molecule has 2 aliphatic heterocycles. The second kappa shape index (κ2) is 13.7. The first-order chi connectivity index (χ1) is 27.3. The predicted octanol–water partition coefficient (Wildman–Crippen LogP) is 13.5. The summed E-state index contributed by atoms with van der Waals surface area (Å²) in [6.45, 7) is 28.6. The summed E-state index contributed by atoms with van der Waals surface area (Å²) >= 11 is 0. The summed E-state index contributed by atoms with van der Waals surface area (Å²) in [4.78, 5) is 5.35. The third kappa shape index (κ3) is 6.73. The Morgan fingerprint density at radius 1 is 0.448 bits per heavy atom. The monoisotopic (exact) mass is 767 g/mol. The molecule has 1 fully saturated rings. The zero-order valence-electron chi connectivity index (χ0n) is 37.8. The Hall–Kier alpha value is -4.24. The number of rotatable bonds is 3. The number of fused-ring (bicyclic) bond motifs is 5. The largest absolute Gasteiger partial charge is 0.311 e. The molecular weight excluding hydrogens is 699 g/mol. The molecule has 0 N–H and O–H groups in total. The van der Waals surface area contributed by atoms with E-state index < -0.39 is 0 Å². The van der Waals surface area contributed by atoms with Crippen molar-refractivity contribution >= 4 is 57.2 Å². The Labute approximate surface area is 351 Å². The van der Waals surface area contributed by atoms with E-state index in [0.717, 1.165) is 0 Å². The molecule has 5 aromatic carbocycles. The summed E-state index contributed by atoms with van der Waals surface area (Å²) in [5.74, 6) is 0.629. The summed E-state index contributed by atoms with van der Waals surface area (Å²) in [7, 11) is 0.